The molecule has 0 atom stereocenters. The zero-order chi connectivity index (χ0) is 19.8. The van der Waals surface area contributed by atoms with Crippen LogP contribution in [-0.4, -0.2) is 25.6 Å². The first-order valence-electron chi connectivity index (χ1n) is 7.92. The zero-order valence-electron chi connectivity index (χ0n) is 14.8. The molecule has 2 aromatic rings. The Bertz CT molecular complexity index is 932. The summed E-state index contributed by atoms with van der Waals surface area (Å²) in [5.74, 6) is -0.817. The highest BCUT2D eigenvalue weighted by molar-refractivity contribution is 6.30. The number of amides is 1. The molecule has 0 bridgehead atoms. The lowest BCUT2D eigenvalue weighted by Crippen LogP contribution is -2.21. The summed E-state index contributed by atoms with van der Waals surface area (Å²) >= 11 is 5.87. The summed E-state index contributed by atoms with van der Waals surface area (Å²) in [5.41, 5.74) is 1.72. The maximum absolute atomic E-state index is 12.1. The number of ether oxygens (including phenoxy) is 2. The van der Waals surface area contributed by atoms with Gasteiger partial charge in [-0.2, -0.15) is 5.26 Å². The van der Waals surface area contributed by atoms with Crippen LogP contribution in [0.3, 0.4) is 0 Å². The van der Waals surface area contributed by atoms with Crippen LogP contribution in [-0.2, 0) is 14.3 Å². The van der Waals surface area contributed by atoms with Gasteiger partial charge in [-0.15, -0.1) is 0 Å². The highest BCUT2D eigenvalue weighted by Gasteiger charge is 2.14. The van der Waals surface area contributed by atoms with Crippen molar-refractivity contribution in [2.45, 2.75) is 6.92 Å². The van der Waals surface area contributed by atoms with E-state index in [0.717, 1.165) is 5.56 Å². The fraction of sp³-hybridized carbons (Fsp3) is 0.150. The van der Waals surface area contributed by atoms with Crippen LogP contribution in [0.25, 0.3) is 6.08 Å². The molecule has 0 aromatic heterocycles. The molecule has 6 nitrogen and oxygen atoms in total. The van der Waals surface area contributed by atoms with Crippen LogP contribution < -0.4 is 10.1 Å². The Morgan fingerprint density at radius 1 is 1.26 bits per heavy atom. The van der Waals surface area contributed by atoms with Crippen molar-refractivity contribution < 1.29 is 19.1 Å². The van der Waals surface area contributed by atoms with E-state index in [-0.39, 0.29) is 5.57 Å². The second-order valence-electron chi connectivity index (χ2n) is 5.53. The molecule has 0 aliphatic heterocycles. The van der Waals surface area contributed by atoms with Gasteiger partial charge in [-0.1, -0.05) is 23.7 Å². The van der Waals surface area contributed by atoms with Crippen LogP contribution in [0.5, 0.6) is 5.75 Å². The third-order valence-electron chi connectivity index (χ3n) is 3.54. The number of halogens is 1. The number of methoxy groups -OCH3 is 1. The largest absolute Gasteiger partial charge is 0.497 e. The maximum Gasteiger partial charge on any atom is 0.349 e. The number of carbonyl (C=O) groups excluding carboxylic acids is 2. The summed E-state index contributed by atoms with van der Waals surface area (Å²) in [4.78, 5) is 24.0. The van der Waals surface area contributed by atoms with Crippen LogP contribution in [0.1, 0.15) is 11.1 Å². The molecule has 2 aromatic carbocycles. The normalized spacial score (nSPS) is 10.7. The molecule has 7 heteroatoms. The predicted molar refractivity (Wildman–Crippen MR) is 102 cm³/mol. The van der Waals surface area contributed by atoms with Gasteiger partial charge in [0.05, 0.1) is 7.11 Å². The Morgan fingerprint density at radius 2 is 2.04 bits per heavy atom. The number of nitrogens with one attached hydrogen (secondary N) is 1. The third-order valence-corrected chi connectivity index (χ3v) is 3.78. The van der Waals surface area contributed by atoms with E-state index in [1.807, 2.05) is 0 Å². The van der Waals surface area contributed by atoms with Gasteiger partial charge in [0.15, 0.2) is 6.61 Å². The zero-order valence-corrected chi connectivity index (χ0v) is 15.5. The van der Waals surface area contributed by atoms with Crippen LogP contribution in [0.15, 0.2) is 48.0 Å². The van der Waals surface area contributed by atoms with Gasteiger partial charge in [-0.05, 0) is 54.5 Å². The molecule has 0 saturated carbocycles. The maximum atomic E-state index is 12.1. The van der Waals surface area contributed by atoms with Crippen molar-refractivity contribution in [2.75, 3.05) is 19.0 Å². The molecular weight excluding hydrogens is 368 g/mol. The monoisotopic (exact) mass is 384 g/mol. The van der Waals surface area contributed by atoms with Gasteiger partial charge in [0.25, 0.3) is 5.91 Å². The van der Waals surface area contributed by atoms with Crippen molar-refractivity contribution in [3.8, 4) is 11.8 Å². The lowest BCUT2D eigenvalue weighted by molar-refractivity contribution is -0.142. The number of esters is 1. The fourth-order valence-electron chi connectivity index (χ4n) is 2.20. The first-order chi connectivity index (χ1) is 12.9. The topological polar surface area (TPSA) is 88.4 Å². The molecule has 2 rings (SSSR count). The molecule has 0 heterocycles. The molecule has 0 aliphatic rings. The van der Waals surface area contributed by atoms with Gasteiger partial charge in [-0.3, -0.25) is 4.79 Å². The molecule has 27 heavy (non-hydrogen) atoms. The number of benzene rings is 2. The van der Waals surface area contributed by atoms with E-state index in [4.69, 9.17) is 21.1 Å². The summed E-state index contributed by atoms with van der Waals surface area (Å²) in [6.45, 7) is 1.27. The van der Waals surface area contributed by atoms with Gasteiger partial charge < -0.3 is 14.8 Å². The Kier molecular flexibility index (Phi) is 6.98. The van der Waals surface area contributed by atoms with Crippen LogP contribution in [0.2, 0.25) is 5.02 Å². The van der Waals surface area contributed by atoms with Crippen molar-refractivity contribution in [3.63, 3.8) is 0 Å². The minimum atomic E-state index is -0.886. The van der Waals surface area contributed by atoms with Gasteiger partial charge in [0, 0.05) is 10.7 Å². The molecule has 0 unspecified atom stereocenters. The van der Waals surface area contributed by atoms with E-state index >= 15 is 0 Å². The first kappa shape index (κ1) is 20.0. The molecule has 1 amide bonds. The quantitative estimate of drug-likeness (QED) is 0.465. The van der Waals surface area contributed by atoms with Gasteiger partial charge >= 0.3 is 5.97 Å². The standard InChI is InChI=1S/C20H17ClN2O4/c1-13-8-16(21)6-7-18(13)23-19(24)12-27-20(25)15(11-22)9-14-4-3-5-17(10-14)26-2/h3-10H,12H2,1-2H3,(H,23,24)/b15-9+. The molecule has 138 valence electrons. The molecule has 1 N–H and O–H groups in total. The fourth-order valence-corrected chi connectivity index (χ4v) is 2.42. The SMILES string of the molecule is COc1cccc(/C=C(\C#N)C(=O)OCC(=O)Nc2ccc(Cl)cc2C)c1. The number of nitrogens with zero attached hydrogens (tertiary/aromatic N) is 1. The molecular formula is C20H17ClN2O4. The Hall–Kier alpha value is -3.30. The van der Waals surface area contributed by atoms with Crippen LogP contribution in [0.4, 0.5) is 5.69 Å². The number of aryl methyl sites for hydroxylation is 1. The first-order valence-corrected chi connectivity index (χ1v) is 8.29. The summed E-state index contributed by atoms with van der Waals surface area (Å²) in [6, 6.07) is 13.6. The number of rotatable bonds is 6. The molecule has 0 radical (unpaired) electrons. The summed E-state index contributed by atoms with van der Waals surface area (Å²) in [6.07, 6.45) is 1.37. The lowest BCUT2D eigenvalue weighted by Gasteiger charge is -2.09. The van der Waals surface area contributed by atoms with Crippen molar-refractivity contribution in [3.05, 3.63) is 64.2 Å². The van der Waals surface area contributed by atoms with Gasteiger partial charge in [0.2, 0.25) is 0 Å². The van der Waals surface area contributed by atoms with Crippen molar-refractivity contribution in [1.82, 2.24) is 0 Å². The molecule has 0 fully saturated rings. The highest BCUT2D eigenvalue weighted by atomic mass is 35.5. The van der Waals surface area contributed by atoms with E-state index < -0.39 is 18.5 Å². The smallest absolute Gasteiger partial charge is 0.349 e. The minimum absolute atomic E-state index is 0.223. The van der Waals surface area contributed by atoms with E-state index in [1.165, 1.54) is 13.2 Å². The van der Waals surface area contributed by atoms with E-state index in [2.05, 4.69) is 5.32 Å². The summed E-state index contributed by atoms with van der Waals surface area (Å²) < 4.78 is 10.0. The van der Waals surface area contributed by atoms with Crippen LogP contribution >= 0.6 is 11.6 Å². The average Bonchev–Trinajstić information content (AvgIpc) is 2.66. The Balaban J connectivity index is 1.99. The number of anilines is 1. The van der Waals surface area contributed by atoms with E-state index in [1.54, 1.807) is 55.5 Å². The average molecular weight is 385 g/mol. The predicted octanol–water partition coefficient (Wildman–Crippen LogP) is 3.75. The summed E-state index contributed by atoms with van der Waals surface area (Å²) in [5, 5.41) is 12.4. The van der Waals surface area contributed by atoms with Crippen LogP contribution in [0, 0.1) is 18.3 Å². The number of carbonyl (C=O) groups is 2. The Morgan fingerprint density at radius 3 is 2.70 bits per heavy atom. The number of hydrogen-bond acceptors (Lipinski definition) is 5. The number of nitriles is 1. The second-order valence-corrected chi connectivity index (χ2v) is 5.97. The number of hydrogen-bond donors (Lipinski definition) is 1. The third kappa shape index (κ3) is 5.87. The molecule has 0 spiro atoms. The van der Waals surface area contributed by atoms with Gasteiger partial charge in [0.1, 0.15) is 17.4 Å². The molecule has 0 aliphatic carbocycles. The lowest BCUT2D eigenvalue weighted by atomic mass is 10.1. The highest BCUT2D eigenvalue weighted by Crippen LogP contribution is 2.19. The molecule has 0 saturated heterocycles. The minimum Gasteiger partial charge on any atom is -0.497 e. The van der Waals surface area contributed by atoms with Crippen molar-refractivity contribution in [1.29, 1.82) is 5.26 Å². The second kappa shape index (κ2) is 9.41. The van der Waals surface area contributed by atoms with Crippen molar-refractivity contribution in [2.24, 2.45) is 0 Å². The van der Waals surface area contributed by atoms with E-state index in [0.29, 0.717) is 22.0 Å². The van der Waals surface area contributed by atoms with E-state index in [9.17, 15) is 14.9 Å². The van der Waals surface area contributed by atoms with Gasteiger partial charge in [-0.25, -0.2) is 4.79 Å². The Labute approximate surface area is 162 Å². The van der Waals surface area contributed by atoms with Crippen molar-refractivity contribution >= 4 is 35.2 Å². The summed E-state index contributed by atoms with van der Waals surface area (Å²) in [7, 11) is 1.52.